The van der Waals surface area contributed by atoms with Crippen LogP contribution in [0, 0.1) is 0 Å². The first-order valence-electron chi connectivity index (χ1n) is 4.20. The molecule has 0 aliphatic rings. The van der Waals surface area contributed by atoms with Crippen molar-refractivity contribution in [2.45, 2.75) is 17.2 Å². The highest BCUT2D eigenvalue weighted by Gasteiger charge is 2.41. The SMILES string of the molecule is O=S(=O)(O)c1cc(C(F)(F)F)c(Br)c(C(F)(F)F)c1. The van der Waals surface area contributed by atoms with Crippen molar-refractivity contribution in [2.75, 3.05) is 0 Å². The van der Waals surface area contributed by atoms with E-state index in [1.54, 1.807) is 0 Å². The van der Waals surface area contributed by atoms with E-state index in [2.05, 4.69) is 15.9 Å². The summed E-state index contributed by atoms with van der Waals surface area (Å²) in [6.45, 7) is 0. The number of alkyl halides is 6. The average Bonchev–Trinajstić information content (AvgIpc) is 2.11. The number of halogens is 7. The van der Waals surface area contributed by atoms with Crippen LogP contribution in [0.1, 0.15) is 11.1 Å². The van der Waals surface area contributed by atoms with Gasteiger partial charge in [0.25, 0.3) is 10.1 Å². The van der Waals surface area contributed by atoms with Crippen LogP contribution in [-0.2, 0) is 22.5 Å². The topological polar surface area (TPSA) is 54.4 Å². The first kappa shape index (κ1) is 16.2. The van der Waals surface area contributed by atoms with Crippen LogP contribution >= 0.6 is 15.9 Å². The molecule has 0 aliphatic carbocycles. The van der Waals surface area contributed by atoms with Gasteiger partial charge in [0.15, 0.2) is 0 Å². The van der Waals surface area contributed by atoms with Gasteiger partial charge in [0.05, 0.1) is 16.0 Å². The average molecular weight is 373 g/mol. The quantitative estimate of drug-likeness (QED) is 0.603. The second-order valence-electron chi connectivity index (χ2n) is 3.30. The van der Waals surface area contributed by atoms with Crippen molar-refractivity contribution in [3.05, 3.63) is 27.7 Å². The molecule has 0 spiro atoms. The van der Waals surface area contributed by atoms with Crippen LogP contribution < -0.4 is 0 Å². The van der Waals surface area contributed by atoms with Crippen LogP contribution in [0.5, 0.6) is 0 Å². The molecule has 0 aliphatic heterocycles. The summed E-state index contributed by atoms with van der Waals surface area (Å²) < 4.78 is 104. The number of rotatable bonds is 1. The van der Waals surface area contributed by atoms with Crippen LogP contribution in [-0.4, -0.2) is 13.0 Å². The molecule has 0 saturated heterocycles. The van der Waals surface area contributed by atoms with Crippen LogP contribution in [0.2, 0.25) is 0 Å². The summed E-state index contributed by atoms with van der Waals surface area (Å²) in [4.78, 5) is -1.49. The van der Waals surface area contributed by atoms with E-state index < -0.39 is 43.0 Å². The fraction of sp³-hybridized carbons (Fsp3) is 0.250. The molecule has 0 atom stereocenters. The summed E-state index contributed by atoms with van der Waals surface area (Å²) in [5.74, 6) is 0. The number of hydrogen-bond acceptors (Lipinski definition) is 2. The molecule has 0 amide bonds. The smallest absolute Gasteiger partial charge is 0.282 e. The molecule has 0 saturated carbocycles. The molecule has 0 aromatic heterocycles. The number of hydrogen-bond donors (Lipinski definition) is 1. The van der Waals surface area contributed by atoms with Gasteiger partial charge in [-0.3, -0.25) is 4.55 Å². The Labute approximate surface area is 111 Å². The molecule has 1 aromatic rings. The van der Waals surface area contributed by atoms with Crippen LogP contribution in [0.3, 0.4) is 0 Å². The van der Waals surface area contributed by atoms with E-state index >= 15 is 0 Å². The fourth-order valence-corrected chi connectivity index (χ4v) is 2.37. The van der Waals surface area contributed by atoms with E-state index in [9.17, 15) is 34.8 Å². The van der Waals surface area contributed by atoms with Crippen molar-refractivity contribution in [3.8, 4) is 0 Å². The van der Waals surface area contributed by atoms with Crippen molar-refractivity contribution in [3.63, 3.8) is 0 Å². The van der Waals surface area contributed by atoms with E-state index in [1.807, 2.05) is 0 Å². The minimum Gasteiger partial charge on any atom is -0.282 e. The lowest BCUT2D eigenvalue weighted by atomic mass is 10.1. The highest BCUT2D eigenvalue weighted by Crippen LogP contribution is 2.43. The Kier molecular flexibility index (Phi) is 3.96. The zero-order valence-corrected chi connectivity index (χ0v) is 10.9. The Hall–Kier alpha value is -0.810. The summed E-state index contributed by atoms with van der Waals surface area (Å²) in [5, 5.41) is 0. The van der Waals surface area contributed by atoms with Gasteiger partial charge in [0, 0.05) is 4.47 Å². The lowest BCUT2D eigenvalue weighted by molar-refractivity contribution is -0.144. The predicted octanol–water partition coefficient (Wildman–Crippen LogP) is 3.73. The van der Waals surface area contributed by atoms with Crippen molar-refractivity contribution < 1.29 is 39.3 Å². The van der Waals surface area contributed by atoms with E-state index in [1.165, 1.54) is 0 Å². The maximum absolute atomic E-state index is 12.5. The van der Waals surface area contributed by atoms with E-state index in [0.717, 1.165) is 0 Å². The Morgan fingerprint density at radius 1 is 0.947 bits per heavy atom. The molecule has 108 valence electrons. The Morgan fingerprint density at radius 2 is 1.26 bits per heavy atom. The molecule has 0 unspecified atom stereocenters. The predicted molar refractivity (Wildman–Crippen MR) is 54.0 cm³/mol. The van der Waals surface area contributed by atoms with E-state index in [0.29, 0.717) is 0 Å². The molecule has 1 aromatic carbocycles. The molecule has 0 heterocycles. The number of benzene rings is 1. The highest BCUT2D eigenvalue weighted by molar-refractivity contribution is 9.10. The largest absolute Gasteiger partial charge is 0.417 e. The maximum atomic E-state index is 12.5. The zero-order valence-electron chi connectivity index (χ0n) is 8.47. The third kappa shape index (κ3) is 3.60. The molecule has 11 heteroatoms. The van der Waals surface area contributed by atoms with Crippen molar-refractivity contribution in [1.29, 1.82) is 0 Å². The monoisotopic (exact) mass is 372 g/mol. The fourth-order valence-electron chi connectivity index (χ4n) is 1.16. The molecule has 0 fully saturated rings. The summed E-state index contributed by atoms with van der Waals surface area (Å²) in [5.41, 5.74) is -3.70. The molecular formula is C8H3BrF6O3S. The Morgan fingerprint density at radius 3 is 1.47 bits per heavy atom. The van der Waals surface area contributed by atoms with Gasteiger partial charge in [0.2, 0.25) is 0 Å². The molecular weight excluding hydrogens is 370 g/mol. The van der Waals surface area contributed by atoms with Gasteiger partial charge in [-0.1, -0.05) is 0 Å². The molecule has 19 heavy (non-hydrogen) atoms. The summed E-state index contributed by atoms with van der Waals surface area (Å²) in [6.07, 6.45) is -10.4. The third-order valence-corrected chi connectivity index (χ3v) is 3.64. The Balaban J connectivity index is 3.78. The second-order valence-corrected chi connectivity index (χ2v) is 5.52. The molecule has 0 radical (unpaired) electrons. The van der Waals surface area contributed by atoms with Crippen LogP contribution in [0.15, 0.2) is 21.5 Å². The van der Waals surface area contributed by atoms with Gasteiger partial charge in [0.1, 0.15) is 0 Å². The summed E-state index contributed by atoms with van der Waals surface area (Å²) >= 11 is 2.14. The van der Waals surface area contributed by atoms with E-state index in [-0.39, 0.29) is 12.1 Å². The maximum Gasteiger partial charge on any atom is 0.417 e. The van der Waals surface area contributed by atoms with Crippen LogP contribution in [0.25, 0.3) is 0 Å². The summed E-state index contributed by atoms with van der Waals surface area (Å²) in [6, 6.07) is -0.177. The van der Waals surface area contributed by atoms with Gasteiger partial charge in [-0.05, 0) is 28.1 Å². The van der Waals surface area contributed by atoms with E-state index in [4.69, 9.17) is 4.55 Å². The zero-order chi connectivity index (χ0) is 15.2. The standard InChI is InChI=1S/C8H3BrF6O3S/c9-6-4(7(10,11)12)1-3(19(16,17)18)2-5(6)8(13,14)15/h1-2H,(H,16,17,18). The van der Waals surface area contributed by atoms with Crippen molar-refractivity contribution >= 4 is 26.0 Å². The molecule has 3 nitrogen and oxygen atoms in total. The Bertz CT molecular complexity index is 569. The second kappa shape index (κ2) is 4.63. The van der Waals surface area contributed by atoms with Gasteiger partial charge in [-0.25, -0.2) is 0 Å². The molecule has 1 N–H and O–H groups in total. The van der Waals surface area contributed by atoms with Gasteiger partial charge in [-0.2, -0.15) is 34.8 Å². The highest BCUT2D eigenvalue weighted by atomic mass is 79.9. The third-order valence-electron chi connectivity index (χ3n) is 1.95. The first-order chi connectivity index (χ1) is 8.24. The van der Waals surface area contributed by atoms with Crippen molar-refractivity contribution in [1.82, 2.24) is 0 Å². The van der Waals surface area contributed by atoms with Gasteiger partial charge < -0.3 is 0 Å². The lowest BCUT2D eigenvalue weighted by Crippen LogP contribution is -2.15. The molecule has 1 rings (SSSR count). The first-order valence-corrected chi connectivity index (χ1v) is 6.43. The summed E-state index contributed by atoms with van der Waals surface area (Å²) in [7, 11) is -5.21. The lowest BCUT2D eigenvalue weighted by Gasteiger charge is -2.16. The van der Waals surface area contributed by atoms with Gasteiger partial charge >= 0.3 is 12.4 Å². The molecule has 0 bridgehead atoms. The van der Waals surface area contributed by atoms with Gasteiger partial charge in [-0.15, -0.1) is 0 Å². The van der Waals surface area contributed by atoms with Crippen molar-refractivity contribution in [2.24, 2.45) is 0 Å². The minimum atomic E-state index is -5.22. The minimum absolute atomic E-state index is 0.0886. The normalized spacial score (nSPS) is 13.7. The van der Waals surface area contributed by atoms with Crippen LogP contribution in [0.4, 0.5) is 26.3 Å².